The summed E-state index contributed by atoms with van der Waals surface area (Å²) in [5, 5.41) is 8.98. The van der Waals surface area contributed by atoms with Crippen LogP contribution in [-0.2, 0) is 9.53 Å². The summed E-state index contributed by atoms with van der Waals surface area (Å²) in [7, 11) is 0. The van der Waals surface area contributed by atoms with E-state index >= 15 is 0 Å². The summed E-state index contributed by atoms with van der Waals surface area (Å²) in [6.07, 6.45) is -2.34. The summed E-state index contributed by atoms with van der Waals surface area (Å²) >= 11 is 0. The molecule has 0 bridgehead atoms. The van der Waals surface area contributed by atoms with Crippen LogP contribution in [0, 0.1) is 11.7 Å². The normalized spacial score (nSPS) is 22.3. The second kappa shape index (κ2) is 9.80. The molecule has 3 atom stereocenters. The Balaban J connectivity index is 1.52. The monoisotopic (exact) mass is 536 g/mol. The maximum Gasteiger partial charge on any atom is 0.573 e. The number of aliphatic carboxylic acids is 1. The van der Waals surface area contributed by atoms with Crippen molar-refractivity contribution in [1.82, 2.24) is 4.90 Å². The van der Waals surface area contributed by atoms with Gasteiger partial charge in [0.15, 0.2) is 6.61 Å². The van der Waals surface area contributed by atoms with E-state index in [1.54, 1.807) is 0 Å². The molecule has 2 amide bonds. The third-order valence-electron chi connectivity index (χ3n) is 7.16. The summed E-state index contributed by atoms with van der Waals surface area (Å²) in [5.41, 5.74) is 0.911. The number of hydrogen-bond donors (Lipinski definition) is 1. The SMILES string of the molecule is O=C(O)COC(=O)N(C1CC1)[C@H]1c2cc(F)ccc2N(C(=O)c2ccc(OC(F)(F)F)cc2)[C@@H]2CCC[C@@H]21. The number of hydrogen-bond acceptors (Lipinski definition) is 5. The Hall–Kier alpha value is -3.83. The van der Waals surface area contributed by atoms with Gasteiger partial charge in [0.2, 0.25) is 0 Å². The van der Waals surface area contributed by atoms with E-state index in [-0.39, 0.29) is 23.6 Å². The molecule has 2 fully saturated rings. The summed E-state index contributed by atoms with van der Waals surface area (Å²) in [4.78, 5) is 40.8. The van der Waals surface area contributed by atoms with E-state index in [0.29, 0.717) is 36.9 Å². The predicted octanol–water partition coefficient (Wildman–Crippen LogP) is 5.28. The lowest BCUT2D eigenvalue weighted by molar-refractivity contribution is -0.274. The van der Waals surface area contributed by atoms with E-state index in [9.17, 15) is 31.9 Å². The Morgan fingerprint density at radius 3 is 2.37 bits per heavy atom. The van der Waals surface area contributed by atoms with Gasteiger partial charge >= 0.3 is 18.4 Å². The molecular formula is C26H24F4N2O6. The number of anilines is 1. The minimum atomic E-state index is -4.87. The lowest BCUT2D eigenvalue weighted by Crippen LogP contribution is -2.53. The Bertz CT molecular complexity index is 1250. The maximum absolute atomic E-state index is 14.6. The quantitative estimate of drug-likeness (QED) is 0.505. The number of carbonyl (C=O) groups excluding carboxylic acids is 2. The van der Waals surface area contributed by atoms with E-state index in [0.717, 1.165) is 18.6 Å². The third-order valence-corrected chi connectivity index (χ3v) is 7.16. The molecule has 0 aromatic heterocycles. The summed E-state index contributed by atoms with van der Waals surface area (Å²) in [5.74, 6) is -3.08. The smallest absolute Gasteiger partial charge is 0.479 e. The molecule has 2 aliphatic carbocycles. The van der Waals surface area contributed by atoms with Crippen LogP contribution in [0.1, 0.15) is 54.1 Å². The second-order valence-electron chi connectivity index (χ2n) is 9.64. The minimum absolute atomic E-state index is 0.124. The lowest BCUT2D eigenvalue weighted by Gasteiger charge is -2.47. The first-order valence-corrected chi connectivity index (χ1v) is 12.2. The number of halogens is 4. The zero-order valence-electron chi connectivity index (χ0n) is 20.0. The number of carboxylic acid groups (broad SMARTS) is 1. The van der Waals surface area contributed by atoms with Crippen LogP contribution in [0.15, 0.2) is 42.5 Å². The third kappa shape index (κ3) is 5.11. The van der Waals surface area contributed by atoms with Gasteiger partial charge in [0.05, 0.1) is 6.04 Å². The summed E-state index contributed by atoms with van der Waals surface area (Å²) in [6.45, 7) is -0.808. The van der Waals surface area contributed by atoms with E-state index in [2.05, 4.69) is 4.74 Å². The molecule has 3 aliphatic rings. The van der Waals surface area contributed by atoms with Gasteiger partial charge in [0, 0.05) is 34.8 Å². The Kier molecular flexibility index (Phi) is 6.66. The van der Waals surface area contributed by atoms with Crippen molar-refractivity contribution in [2.75, 3.05) is 11.5 Å². The molecular weight excluding hydrogens is 512 g/mol. The first-order valence-electron chi connectivity index (χ1n) is 12.2. The fraction of sp³-hybridized carbons (Fsp3) is 0.423. The van der Waals surface area contributed by atoms with E-state index in [1.165, 1.54) is 40.1 Å². The largest absolute Gasteiger partial charge is 0.573 e. The molecule has 0 unspecified atom stereocenters. The number of carboxylic acids is 1. The summed E-state index contributed by atoms with van der Waals surface area (Å²) in [6, 6.07) is 7.33. The van der Waals surface area contributed by atoms with Crippen LogP contribution >= 0.6 is 0 Å². The van der Waals surface area contributed by atoms with Gasteiger partial charge in [-0.2, -0.15) is 0 Å². The van der Waals surface area contributed by atoms with Gasteiger partial charge in [0.1, 0.15) is 11.6 Å². The maximum atomic E-state index is 14.6. The Morgan fingerprint density at radius 2 is 1.74 bits per heavy atom. The lowest BCUT2D eigenvalue weighted by atomic mass is 9.81. The zero-order chi connectivity index (χ0) is 27.2. The van der Waals surface area contributed by atoms with Crippen LogP contribution in [-0.4, -0.2) is 53.0 Å². The topological polar surface area (TPSA) is 96.4 Å². The standard InChI is InChI=1S/C26H24F4N2O6/c27-15-6-11-21-19(12-15)23(31(16-7-8-16)25(36)37-13-22(33)34)18-2-1-3-20(18)32(21)24(35)14-4-9-17(10-5-14)38-26(28,29)30/h4-6,9-12,16,18,20,23H,1-3,7-8,13H2,(H,33,34)/t18-,20+,23+/m0/s1. The highest BCUT2D eigenvalue weighted by Gasteiger charge is 2.52. The van der Waals surface area contributed by atoms with Crippen molar-refractivity contribution in [2.24, 2.45) is 5.92 Å². The van der Waals surface area contributed by atoms with Crippen molar-refractivity contribution in [2.45, 2.75) is 56.6 Å². The van der Waals surface area contributed by atoms with E-state index in [1.807, 2.05) is 0 Å². The molecule has 38 heavy (non-hydrogen) atoms. The molecule has 12 heteroatoms. The van der Waals surface area contributed by atoms with Crippen molar-refractivity contribution in [1.29, 1.82) is 0 Å². The molecule has 0 radical (unpaired) electrons. The number of benzene rings is 2. The van der Waals surface area contributed by atoms with Crippen molar-refractivity contribution in [3.63, 3.8) is 0 Å². The van der Waals surface area contributed by atoms with Crippen LogP contribution in [0.5, 0.6) is 5.75 Å². The Morgan fingerprint density at radius 1 is 1.03 bits per heavy atom. The average molecular weight is 536 g/mol. The highest BCUT2D eigenvalue weighted by atomic mass is 19.4. The van der Waals surface area contributed by atoms with Crippen molar-refractivity contribution < 1.29 is 46.5 Å². The number of amides is 2. The molecule has 1 aliphatic heterocycles. The van der Waals surface area contributed by atoms with E-state index in [4.69, 9.17) is 9.84 Å². The number of fused-ring (bicyclic) bond motifs is 2. The fourth-order valence-electron chi connectivity index (χ4n) is 5.64. The van der Waals surface area contributed by atoms with Crippen LogP contribution in [0.3, 0.4) is 0 Å². The van der Waals surface area contributed by atoms with Crippen LogP contribution in [0.25, 0.3) is 0 Å². The number of carbonyl (C=O) groups is 3. The molecule has 2 saturated carbocycles. The van der Waals surface area contributed by atoms with Gasteiger partial charge in [-0.25, -0.2) is 14.0 Å². The van der Waals surface area contributed by atoms with Crippen LogP contribution in [0.2, 0.25) is 0 Å². The van der Waals surface area contributed by atoms with Gasteiger partial charge in [-0.15, -0.1) is 13.2 Å². The highest BCUT2D eigenvalue weighted by Crippen LogP contribution is 2.53. The average Bonchev–Trinajstić information content (AvgIpc) is 3.57. The van der Waals surface area contributed by atoms with Crippen molar-refractivity contribution in [3.8, 4) is 5.75 Å². The second-order valence-corrected chi connectivity index (χ2v) is 9.64. The van der Waals surface area contributed by atoms with Gasteiger partial charge in [-0.1, -0.05) is 6.42 Å². The number of rotatable bonds is 6. The fourth-order valence-corrected chi connectivity index (χ4v) is 5.64. The number of alkyl halides is 3. The van der Waals surface area contributed by atoms with Crippen LogP contribution < -0.4 is 9.64 Å². The molecule has 2 aromatic rings. The van der Waals surface area contributed by atoms with Gasteiger partial charge in [-0.3, -0.25) is 9.69 Å². The van der Waals surface area contributed by atoms with Gasteiger partial charge < -0.3 is 19.5 Å². The van der Waals surface area contributed by atoms with Gasteiger partial charge in [0.25, 0.3) is 5.91 Å². The molecule has 2 aromatic carbocycles. The molecule has 0 spiro atoms. The minimum Gasteiger partial charge on any atom is -0.479 e. The molecule has 8 nitrogen and oxygen atoms in total. The number of ether oxygens (including phenoxy) is 2. The van der Waals surface area contributed by atoms with Gasteiger partial charge in [-0.05, 0) is 68.1 Å². The zero-order valence-corrected chi connectivity index (χ0v) is 20.0. The molecule has 202 valence electrons. The molecule has 1 heterocycles. The number of nitrogens with zero attached hydrogens (tertiary/aromatic N) is 2. The van der Waals surface area contributed by atoms with Crippen molar-refractivity contribution in [3.05, 3.63) is 59.4 Å². The van der Waals surface area contributed by atoms with Crippen LogP contribution in [0.4, 0.5) is 28.0 Å². The summed E-state index contributed by atoms with van der Waals surface area (Å²) < 4.78 is 61.1. The molecule has 1 N–H and O–H groups in total. The van der Waals surface area contributed by atoms with Crippen molar-refractivity contribution >= 4 is 23.7 Å². The first kappa shape index (κ1) is 25.8. The predicted molar refractivity (Wildman–Crippen MR) is 124 cm³/mol. The highest BCUT2D eigenvalue weighted by molar-refractivity contribution is 6.07. The van der Waals surface area contributed by atoms with E-state index < -0.39 is 48.5 Å². The first-order chi connectivity index (χ1) is 18.0. The molecule has 5 rings (SSSR count). The Labute approximate surface area is 214 Å². The molecule has 0 saturated heterocycles.